The fourth-order valence-electron chi connectivity index (χ4n) is 1.10. The van der Waals surface area contributed by atoms with Crippen LogP contribution in [0.1, 0.15) is 13.8 Å². The van der Waals surface area contributed by atoms with Crippen LogP contribution >= 0.6 is 0 Å². The molecule has 0 aliphatic carbocycles. The molecule has 4 nitrogen and oxygen atoms in total. The SMILES string of the molecule is COC(Oc1ccccc1)C(=O)OC(C)C. The summed E-state index contributed by atoms with van der Waals surface area (Å²) in [5.41, 5.74) is 0. The minimum atomic E-state index is -1.02. The van der Waals surface area contributed by atoms with Crippen molar-refractivity contribution in [2.24, 2.45) is 0 Å². The molecule has 0 radical (unpaired) electrons. The van der Waals surface area contributed by atoms with Crippen LogP contribution in [0.25, 0.3) is 0 Å². The van der Waals surface area contributed by atoms with E-state index >= 15 is 0 Å². The summed E-state index contributed by atoms with van der Waals surface area (Å²) in [5, 5.41) is 0. The van der Waals surface area contributed by atoms with Crippen molar-refractivity contribution >= 4 is 5.97 Å². The van der Waals surface area contributed by atoms with Crippen LogP contribution in [-0.2, 0) is 14.3 Å². The van der Waals surface area contributed by atoms with Gasteiger partial charge in [-0.05, 0) is 26.0 Å². The summed E-state index contributed by atoms with van der Waals surface area (Å²) in [6.07, 6.45) is -1.21. The molecular weight excluding hydrogens is 208 g/mol. The van der Waals surface area contributed by atoms with Gasteiger partial charge in [0.1, 0.15) is 5.75 Å². The van der Waals surface area contributed by atoms with Crippen LogP contribution in [0.5, 0.6) is 5.75 Å². The summed E-state index contributed by atoms with van der Waals surface area (Å²) in [4.78, 5) is 11.5. The molecule has 1 atom stereocenters. The average Bonchev–Trinajstić information content (AvgIpc) is 2.26. The van der Waals surface area contributed by atoms with Crippen molar-refractivity contribution in [3.05, 3.63) is 30.3 Å². The molecule has 4 heteroatoms. The summed E-state index contributed by atoms with van der Waals surface area (Å²) in [6, 6.07) is 8.98. The number of carbonyl (C=O) groups excluding carboxylic acids is 1. The number of para-hydroxylation sites is 1. The second kappa shape index (κ2) is 6.12. The highest BCUT2D eigenvalue weighted by atomic mass is 16.7. The number of esters is 1. The average molecular weight is 224 g/mol. The van der Waals surface area contributed by atoms with Gasteiger partial charge in [-0.3, -0.25) is 0 Å². The molecule has 1 aromatic rings. The van der Waals surface area contributed by atoms with Gasteiger partial charge in [-0.2, -0.15) is 0 Å². The molecule has 0 saturated heterocycles. The van der Waals surface area contributed by atoms with Crippen LogP contribution in [0.2, 0.25) is 0 Å². The summed E-state index contributed by atoms with van der Waals surface area (Å²) in [5.74, 6) is 0.0383. The largest absolute Gasteiger partial charge is 0.458 e. The van der Waals surface area contributed by atoms with E-state index in [0.717, 1.165) is 0 Å². The molecule has 1 rings (SSSR count). The van der Waals surface area contributed by atoms with E-state index in [1.807, 2.05) is 18.2 Å². The van der Waals surface area contributed by atoms with Crippen molar-refractivity contribution in [1.82, 2.24) is 0 Å². The van der Waals surface area contributed by atoms with E-state index in [1.165, 1.54) is 7.11 Å². The molecule has 88 valence electrons. The smallest absolute Gasteiger partial charge is 0.376 e. The molecule has 0 saturated carbocycles. The maximum Gasteiger partial charge on any atom is 0.376 e. The minimum Gasteiger partial charge on any atom is -0.458 e. The van der Waals surface area contributed by atoms with Gasteiger partial charge in [-0.15, -0.1) is 0 Å². The van der Waals surface area contributed by atoms with Crippen LogP contribution in [0, 0.1) is 0 Å². The summed E-state index contributed by atoms with van der Waals surface area (Å²) in [7, 11) is 1.40. The maximum absolute atomic E-state index is 11.5. The zero-order chi connectivity index (χ0) is 12.0. The third-order valence-corrected chi connectivity index (χ3v) is 1.74. The molecule has 0 spiro atoms. The van der Waals surface area contributed by atoms with Crippen molar-refractivity contribution in [1.29, 1.82) is 0 Å². The molecular formula is C12H16O4. The van der Waals surface area contributed by atoms with Gasteiger partial charge in [0, 0.05) is 7.11 Å². The van der Waals surface area contributed by atoms with Crippen LogP contribution in [0.15, 0.2) is 30.3 Å². The van der Waals surface area contributed by atoms with E-state index in [0.29, 0.717) is 5.75 Å². The fourth-order valence-corrected chi connectivity index (χ4v) is 1.10. The normalized spacial score (nSPS) is 12.2. The lowest BCUT2D eigenvalue weighted by Gasteiger charge is -2.17. The first-order chi connectivity index (χ1) is 7.63. The van der Waals surface area contributed by atoms with Crippen LogP contribution in [0.3, 0.4) is 0 Å². The minimum absolute atomic E-state index is 0.190. The lowest BCUT2D eigenvalue weighted by Crippen LogP contribution is -2.32. The molecule has 1 unspecified atom stereocenters. The third-order valence-electron chi connectivity index (χ3n) is 1.74. The summed E-state index contributed by atoms with van der Waals surface area (Å²) in [6.45, 7) is 3.54. The molecule has 0 amide bonds. The first-order valence-electron chi connectivity index (χ1n) is 5.08. The van der Waals surface area contributed by atoms with Crippen molar-refractivity contribution in [2.45, 2.75) is 26.2 Å². The highest BCUT2D eigenvalue weighted by Crippen LogP contribution is 2.12. The zero-order valence-electron chi connectivity index (χ0n) is 9.67. The molecule has 0 heterocycles. The lowest BCUT2D eigenvalue weighted by molar-refractivity contribution is -0.177. The maximum atomic E-state index is 11.5. The first-order valence-corrected chi connectivity index (χ1v) is 5.08. The van der Waals surface area contributed by atoms with E-state index < -0.39 is 12.3 Å². The fraction of sp³-hybridized carbons (Fsp3) is 0.417. The Labute approximate surface area is 95.1 Å². The Kier molecular flexibility index (Phi) is 4.79. The predicted octanol–water partition coefficient (Wildman–Crippen LogP) is 1.99. The van der Waals surface area contributed by atoms with Crippen molar-refractivity contribution in [3.63, 3.8) is 0 Å². The molecule has 0 aliphatic rings. The van der Waals surface area contributed by atoms with Gasteiger partial charge in [0.25, 0.3) is 6.29 Å². The molecule has 0 bridgehead atoms. The van der Waals surface area contributed by atoms with E-state index in [-0.39, 0.29) is 6.10 Å². The van der Waals surface area contributed by atoms with Gasteiger partial charge in [0.15, 0.2) is 0 Å². The Morgan fingerprint density at radius 1 is 1.19 bits per heavy atom. The monoisotopic (exact) mass is 224 g/mol. The lowest BCUT2D eigenvalue weighted by atomic mass is 10.3. The summed E-state index contributed by atoms with van der Waals surface area (Å²) < 4.78 is 15.2. The number of methoxy groups -OCH3 is 1. The zero-order valence-corrected chi connectivity index (χ0v) is 9.67. The van der Waals surface area contributed by atoms with Gasteiger partial charge in [0.05, 0.1) is 6.10 Å². The first kappa shape index (κ1) is 12.5. The molecule has 1 aromatic carbocycles. The number of hydrogen-bond donors (Lipinski definition) is 0. The van der Waals surface area contributed by atoms with Crippen molar-refractivity contribution < 1.29 is 19.0 Å². The number of carbonyl (C=O) groups is 1. The Bertz CT molecular complexity index is 321. The number of ether oxygens (including phenoxy) is 3. The van der Waals surface area contributed by atoms with Gasteiger partial charge < -0.3 is 14.2 Å². The van der Waals surface area contributed by atoms with E-state index in [1.54, 1.807) is 26.0 Å². The Hall–Kier alpha value is -1.55. The standard InChI is InChI=1S/C12H16O4/c1-9(2)15-11(13)12(14-3)16-10-7-5-4-6-8-10/h4-9,12H,1-3H3. The van der Waals surface area contributed by atoms with Crippen LogP contribution < -0.4 is 4.74 Å². The van der Waals surface area contributed by atoms with E-state index in [9.17, 15) is 4.79 Å². The van der Waals surface area contributed by atoms with Gasteiger partial charge >= 0.3 is 5.97 Å². The molecule has 0 fully saturated rings. The second-order valence-electron chi connectivity index (χ2n) is 3.48. The highest BCUT2D eigenvalue weighted by molar-refractivity contribution is 5.73. The van der Waals surface area contributed by atoms with Gasteiger partial charge in [-0.1, -0.05) is 18.2 Å². The Morgan fingerprint density at radius 3 is 2.31 bits per heavy atom. The third kappa shape index (κ3) is 3.90. The topological polar surface area (TPSA) is 44.8 Å². The summed E-state index contributed by atoms with van der Waals surface area (Å²) >= 11 is 0. The highest BCUT2D eigenvalue weighted by Gasteiger charge is 2.22. The van der Waals surface area contributed by atoms with Crippen LogP contribution in [-0.4, -0.2) is 25.5 Å². The van der Waals surface area contributed by atoms with Crippen molar-refractivity contribution in [2.75, 3.05) is 7.11 Å². The molecule has 0 N–H and O–H groups in total. The van der Waals surface area contributed by atoms with Gasteiger partial charge in [-0.25, -0.2) is 4.79 Å². The Balaban J connectivity index is 2.58. The molecule has 16 heavy (non-hydrogen) atoms. The molecule has 0 aromatic heterocycles. The number of benzene rings is 1. The van der Waals surface area contributed by atoms with E-state index in [4.69, 9.17) is 14.2 Å². The van der Waals surface area contributed by atoms with Crippen molar-refractivity contribution in [3.8, 4) is 5.75 Å². The quantitative estimate of drug-likeness (QED) is 0.566. The molecule has 0 aliphatic heterocycles. The number of hydrogen-bond acceptors (Lipinski definition) is 4. The second-order valence-corrected chi connectivity index (χ2v) is 3.48. The number of rotatable bonds is 5. The van der Waals surface area contributed by atoms with E-state index in [2.05, 4.69) is 0 Å². The van der Waals surface area contributed by atoms with Gasteiger partial charge in [0.2, 0.25) is 0 Å². The Morgan fingerprint density at radius 2 is 1.81 bits per heavy atom. The van der Waals surface area contributed by atoms with Crippen LogP contribution in [0.4, 0.5) is 0 Å². The predicted molar refractivity (Wildman–Crippen MR) is 59.1 cm³/mol.